The number of nitrogens with two attached hydrogens (primary N) is 1. The number of hydrogen-bond acceptors (Lipinski definition) is 5. The Balaban J connectivity index is 1.06. The molecule has 1 spiro atoms. The van der Waals surface area contributed by atoms with Crippen LogP contribution in [0.25, 0.3) is 0 Å². The Morgan fingerprint density at radius 3 is 2.48 bits per heavy atom. The van der Waals surface area contributed by atoms with Gasteiger partial charge in [-0.2, -0.15) is 0 Å². The monoisotopic (exact) mass is 455 g/mol. The van der Waals surface area contributed by atoms with Gasteiger partial charge in [0.15, 0.2) is 0 Å². The second kappa shape index (κ2) is 10.4. The van der Waals surface area contributed by atoms with Gasteiger partial charge in [-0.05, 0) is 88.8 Å². The van der Waals surface area contributed by atoms with Crippen molar-refractivity contribution in [2.45, 2.75) is 89.3 Å². The highest BCUT2D eigenvalue weighted by Crippen LogP contribution is 2.42. The molecule has 0 aromatic carbocycles. The lowest BCUT2D eigenvalue weighted by atomic mass is 9.77. The van der Waals surface area contributed by atoms with Crippen LogP contribution in [0.2, 0.25) is 0 Å². The molecule has 4 N–H and O–H groups in total. The van der Waals surface area contributed by atoms with Crippen LogP contribution >= 0.6 is 0 Å². The topological polar surface area (TPSA) is 88.3 Å². The fourth-order valence-corrected chi connectivity index (χ4v) is 7.39. The van der Waals surface area contributed by atoms with Gasteiger partial charge in [0.1, 0.15) is 11.7 Å². The molecule has 1 aromatic rings. The first kappa shape index (κ1) is 23.3. The third kappa shape index (κ3) is 5.80. The normalized spacial score (nSPS) is 29.4. The summed E-state index contributed by atoms with van der Waals surface area (Å²) in [5.41, 5.74) is 6.40. The second-order valence-electron chi connectivity index (χ2n) is 11.6. The molecule has 7 heteroatoms. The summed E-state index contributed by atoms with van der Waals surface area (Å²) in [6, 6.07) is 1.42. The first-order valence-corrected chi connectivity index (χ1v) is 13.6. The van der Waals surface area contributed by atoms with Crippen LogP contribution in [0.5, 0.6) is 0 Å². The van der Waals surface area contributed by atoms with Crippen molar-refractivity contribution in [3.05, 3.63) is 18.2 Å². The minimum atomic E-state index is 0.255. The smallest absolute Gasteiger partial charge is 0.120 e. The van der Waals surface area contributed by atoms with Gasteiger partial charge in [0, 0.05) is 37.6 Å². The van der Waals surface area contributed by atoms with Gasteiger partial charge in [0.25, 0.3) is 0 Å². The third-order valence-corrected chi connectivity index (χ3v) is 9.35. The molecule has 2 aliphatic carbocycles. The summed E-state index contributed by atoms with van der Waals surface area (Å²) in [5, 5.41) is 7.81. The lowest BCUT2D eigenvalue weighted by molar-refractivity contribution is 0.0738. The van der Waals surface area contributed by atoms with Gasteiger partial charge in [0.05, 0.1) is 13.1 Å². The van der Waals surface area contributed by atoms with E-state index in [4.69, 9.17) is 11.1 Å². The maximum atomic E-state index is 7.81. The molecule has 3 heterocycles. The minimum Gasteiger partial charge on any atom is -0.387 e. The molecule has 2 saturated carbocycles. The molecule has 4 fully saturated rings. The molecule has 0 atom stereocenters. The van der Waals surface area contributed by atoms with Gasteiger partial charge in [0.2, 0.25) is 0 Å². The van der Waals surface area contributed by atoms with Gasteiger partial charge in [-0.3, -0.25) is 10.3 Å². The van der Waals surface area contributed by atoms with Crippen molar-refractivity contribution in [2.75, 3.05) is 39.3 Å². The van der Waals surface area contributed by atoms with Crippen LogP contribution in [0.4, 0.5) is 0 Å². The zero-order valence-corrected chi connectivity index (χ0v) is 20.5. The number of piperidine rings is 1. The van der Waals surface area contributed by atoms with Gasteiger partial charge < -0.3 is 20.5 Å². The maximum Gasteiger partial charge on any atom is 0.120 e. The van der Waals surface area contributed by atoms with Crippen molar-refractivity contribution in [1.29, 1.82) is 5.41 Å². The van der Waals surface area contributed by atoms with Crippen LogP contribution in [0.15, 0.2) is 12.4 Å². The Bertz CT molecular complexity index is 741. The number of rotatable bonds is 8. The fourth-order valence-electron chi connectivity index (χ4n) is 7.39. The summed E-state index contributed by atoms with van der Waals surface area (Å²) in [7, 11) is 0. The molecule has 33 heavy (non-hydrogen) atoms. The molecule has 0 amide bonds. The van der Waals surface area contributed by atoms with Crippen molar-refractivity contribution in [3.63, 3.8) is 0 Å². The van der Waals surface area contributed by atoms with E-state index in [0.29, 0.717) is 18.0 Å². The molecular weight excluding hydrogens is 410 g/mol. The molecule has 5 rings (SSSR count). The predicted molar refractivity (Wildman–Crippen MR) is 133 cm³/mol. The van der Waals surface area contributed by atoms with E-state index in [0.717, 1.165) is 24.3 Å². The van der Waals surface area contributed by atoms with Gasteiger partial charge in [-0.25, -0.2) is 4.98 Å². The first-order chi connectivity index (χ1) is 16.1. The van der Waals surface area contributed by atoms with E-state index in [9.17, 15) is 0 Å². The van der Waals surface area contributed by atoms with Crippen LogP contribution in [-0.2, 0) is 6.54 Å². The van der Waals surface area contributed by atoms with Crippen LogP contribution in [0, 0.1) is 16.7 Å². The van der Waals surface area contributed by atoms with E-state index in [1.54, 1.807) is 6.20 Å². The minimum absolute atomic E-state index is 0.255. The molecule has 0 unspecified atom stereocenters. The second-order valence-corrected chi connectivity index (χ2v) is 11.6. The lowest BCUT2D eigenvalue weighted by Gasteiger charge is -2.42. The zero-order chi connectivity index (χ0) is 22.7. The van der Waals surface area contributed by atoms with E-state index in [2.05, 4.69) is 24.7 Å². The van der Waals surface area contributed by atoms with Crippen LogP contribution in [0.3, 0.4) is 0 Å². The van der Waals surface area contributed by atoms with Crippen LogP contribution < -0.4 is 5.73 Å². The highest BCUT2D eigenvalue weighted by Gasteiger charge is 2.42. The molecule has 2 saturated heterocycles. The van der Waals surface area contributed by atoms with Gasteiger partial charge in [-0.1, -0.05) is 12.8 Å². The summed E-state index contributed by atoms with van der Waals surface area (Å²) < 4.78 is 0. The number of imidazole rings is 1. The molecule has 4 aliphatic rings. The summed E-state index contributed by atoms with van der Waals surface area (Å²) >= 11 is 0. The average Bonchev–Trinajstić information content (AvgIpc) is 3.58. The van der Waals surface area contributed by atoms with E-state index in [1.807, 2.05) is 6.20 Å². The molecule has 7 nitrogen and oxygen atoms in total. The standard InChI is InChI=1S/C26H45N7/c27-24(28)18-33(19-25-29-12-13-30-25)23-7-5-21(6-8-23)17-31-14-9-26(20-31)10-15-32(16-11-26)22-3-1-2-4-22/h12-13,21-23H,1-11,14-20H2,(H3,27,28)(H,29,30). The maximum absolute atomic E-state index is 7.81. The lowest BCUT2D eigenvalue weighted by Crippen LogP contribution is -2.46. The quantitative estimate of drug-likeness (QED) is 0.413. The third-order valence-electron chi connectivity index (χ3n) is 9.35. The zero-order valence-electron chi connectivity index (χ0n) is 20.5. The molecule has 184 valence electrons. The van der Waals surface area contributed by atoms with Crippen molar-refractivity contribution in [2.24, 2.45) is 17.1 Å². The van der Waals surface area contributed by atoms with Crippen molar-refractivity contribution >= 4 is 5.84 Å². The predicted octanol–water partition coefficient (Wildman–Crippen LogP) is 3.44. The Labute approximate surface area is 200 Å². The SMILES string of the molecule is N=C(N)CN(Cc1ncc[nH]1)C1CCC(CN2CCC3(CCN(C4CCCC4)CC3)C2)CC1. The van der Waals surface area contributed by atoms with E-state index in [1.165, 1.54) is 103 Å². The summed E-state index contributed by atoms with van der Waals surface area (Å²) in [6.07, 6.45) is 18.8. The number of H-pyrrole nitrogens is 1. The number of nitrogens with zero attached hydrogens (tertiary/aromatic N) is 4. The molecule has 1 aromatic heterocycles. The van der Waals surface area contributed by atoms with E-state index >= 15 is 0 Å². The van der Waals surface area contributed by atoms with E-state index in [-0.39, 0.29) is 5.84 Å². The Morgan fingerprint density at radius 1 is 1.09 bits per heavy atom. The van der Waals surface area contributed by atoms with Gasteiger partial charge >= 0.3 is 0 Å². The van der Waals surface area contributed by atoms with Gasteiger partial charge in [-0.15, -0.1) is 0 Å². The highest BCUT2D eigenvalue weighted by atomic mass is 15.2. The Kier molecular flexibility index (Phi) is 7.38. The number of aromatic amines is 1. The number of aromatic nitrogens is 2. The van der Waals surface area contributed by atoms with Crippen molar-refractivity contribution in [1.82, 2.24) is 24.7 Å². The van der Waals surface area contributed by atoms with E-state index < -0.39 is 0 Å². The summed E-state index contributed by atoms with van der Waals surface area (Å²) in [5.74, 6) is 2.06. The van der Waals surface area contributed by atoms with Crippen molar-refractivity contribution < 1.29 is 0 Å². The molecule has 2 aliphatic heterocycles. The van der Waals surface area contributed by atoms with Crippen molar-refractivity contribution in [3.8, 4) is 0 Å². The summed E-state index contributed by atoms with van der Waals surface area (Å²) in [6.45, 7) is 7.97. The molecular formula is C26H45N7. The number of likely N-dealkylation sites (tertiary alicyclic amines) is 2. The fraction of sp³-hybridized carbons (Fsp3) is 0.846. The Morgan fingerprint density at radius 2 is 1.82 bits per heavy atom. The summed E-state index contributed by atoms with van der Waals surface area (Å²) in [4.78, 5) is 15.6. The number of nitrogens with one attached hydrogen (secondary N) is 2. The largest absolute Gasteiger partial charge is 0.387 e. The Hall–Kier alpha value is -1.44. The highest BCUT2D eigenvalue weighted by molar-refractivity contribution is 5.78. The number of amidine groups is 1. The molecule has 0 bridgehead atoms. The van der Waals surface area contributed by atoms with Crippen LogP contribution in [0.1, 0.15) is 76.5 Å². The van der Waals surface area contributed by atoms with Crippen LogP contribution in [-0.4, -0.2) is 81.9 Å². The molecule has 0 radical (unpaired) electrons. The average molecular weight is 456 g/mol. The first-order valence-electron chi connectivity index (χ1n) is 13.6. The number of hydrogen-bond donors (Lipinski definition) is 3.